The van der Waals surface area contributed by atoms with Crippen LogP contribution in [0.4, 0.5) is 0 Å². The highest BCUT2D eigenvalue weighted by molar-refractivity contribution is 7.92. The third-order valence-corrected chi connectivity index (χ3v) is 6.31. The SMILES string of the molecule is NS(=O)(=O)C=Cc1cccc(CCCCOCCCCCCNC[C@H](O)c2ccc(O)c(CO)c2)c1. The Bertz CT molecular complexity index is 1040. The molecule has 0 bridgehead atoms. The number of nitrogens with two attached hydrogens (primary N) is 1. The minimum atomic E-state index is -3.61. The fourth-order valence-electron chi connectivity index (χ4n) is 3.76. The van der Waals surface area contributed by atoms with E-state index in [4.69, 9.17) is 9.88 Å². The van der Waals surface area contributed by atoms with Crippen molar-refractivity contribution in [2.75, 3.05) is 26.3 Å². The molecule has 6 N–H and O–H groups in total. The largest absolute Gasteiger partial charge is 0.508 e. The summed E-state index contributed by atoms with van der Waals surface area (Å²) in [7, 11) is -3.61. The lowest BCUT2D eigenvalue weighted by atomic mass is 10.1. The third-order valence-electron chi connectivity index (χ3n) is 5.79. The Labute approximate surface area is 214 Å². The van der Waals surface area contributed by atoms with Crippen LogP contribution in [0.1, 0.15) is 66.9 Å². The molecule has 2 aromatic rings. The van der Waals surface area contributed by atoms with E-state index in [0.29, 0.717) is 17.7 Å². The topological polar surface area (TPSA) is 142 Å². The van der Waals surface area contributed by atoms with Crippen molar-refractivity contribution in [1.82, 2.24) is 5.32 Å². The van der Waals surface area contributed by atoms with Crippen LogP contribution in [0.25, 0.3) is 6.08 Å². The average molecular weight is 521 g/mol. The zero-order chi connectivity index (χ0) is 26.2. The van der Waals surface area contributed by atoms with Gasteiger partial charge in [-0.25, -0.2) is 13.6 Å². The molecule has 0 amide bonds. The van der Waals surface area contributed by atoms with Crippen molar-refractivity contribution in [3.05, 3.63) is 70.1 Å². The summed E-state index contributed by atoms with van der Waals surface area (Å²) in [6.07, 6.45) is 7.96. The number of rotatable bonds is 18. The van der Waals surface area contributed by atoms with Gasteiger partial charge in [0.1, 0.15) is 5.75 Å². The van der Waals surface area contributed by atoms with Crippen LogP contribution in [0.15, 0.2) is 47.9 Å². The molecule has 200 valence electrons. The number of aliphatic hydroxyl groups is 2. The van der Waals surface area contributed by atoms with Crippen LogP contribution in [0.3, 0.4) is 0 Å². The fraction of sp³-hybridized carbons (Fsp3) is 0.481. The molecule has 2 rings (SSSR count). The molecular formula is C27H40N2O6S. The summed E-state index contributed by atoms with van der Waals surface area (Å²) in [5, 5.41) is 38.3. The first-order valence-corrected chi connectivity index (χ1v) is 14.1. The summed E-state index contributed by atoms with van der Waals surface area (Å²) in [6, 6.07) is 12.5. The summed E-state index contributed by atoms with van der Waals surface area (Å²) in [4.78, 5) is 0. The molecule has 0 saturated carbocycles. The second-order valence-electron chi connectivity index (χ2n) is 8.89. The predicted molar refractivity (Wildman–Crippen MR) is 143 cm³/mol. The van der Waals surface area contributed by atoms with Gasteiger partial charge in [0.05, 0.1) is 12.7 Å². The smallest absolute Gasteiger partial charge is 0.231 e. The summed E-state index contributed by atoms with van der Waals surface area (Å²) in [5.74, 6) is 0.0332. The summed E-state index contributed by atoms with van der Waals surface area (Å²) in [6.45, 7) is 2.48. The number of aromatic hydroxyl groups is 1. The molecule has 36 heavy (non-hydrogen) atoms. The number of aryl methyl sites for hydroxylation is 1. The maximum atomic E-state index is 11.0. The van der Waals surface area contributed by atoms with Crippen molar-refractivity contribution in [1.29, 1.82) is 0 Å². The number of primary sulfonamides is 1. The number of hydrogen-bond acceptors (Lipinski definition) is 7. The molecule has 0 aliphatic heterocycles. The molecule has 0 aromatic heterocycles. The van der Waals surface area contributed by atoms with E-state index >= 15 is 0 Å². The quantitative estimate of drug-likeness (QED) is 0.190. The molecule has 8 nitrogen and oxygen atoms in total. The standard InChI is InChI=1S/C27H40N2O6S/c28-36(33,34)17-13-23-10-7-9-22(18-23)8-3-6-16-35-15-5-2-1-4-14-29-20-27(32)24-11-12-26(31)25(19-24)21-30/h7,9-13,17-19,27,29-32H,1-6,8,14-16,20-21H2,(H2,28,33,34)/t27-/m0/s1. The van der Waals surface area contributed by atoms with E-state index in [1.165, 1.54) is 12.1 Å². The van der Waals surface area contributed by atoms with Gasteiger partial charge >= 0.3 is 0 Å². The minimum absolute atomic E-state index is 0.0332. The molecule has 0 saturated heterocycles. The van der Waals surface area contributed by atoms with Crippen molar-refractivity contribution in [2.24, 2.45) is 5.14 Å². The van der Waals surface area contributed by atoms with Gasteiger partial charge in [0, 0.05) is 30.7 Å². The number of phenols is 1. The molecule has 2 aromatic carbocycles. The second-order valence-corrected chi connectivity index (χ2v) is 10.3. The first-order chi connectivity index (χ1) is 17.3. The highest BCUT2D eigenvalue weighted by atomic mass is 32.2. The second kappa shape index (κ2) is 16.5. The maximum Gasteiger partial charge on any atom is 0.231 e. The predicted octanol–water partition coefficient (Wildman–Crippen LogP) is 3.37. The summed E-state index contributed by atoms with van der Waals surface area (Å²) < 4.78 is 27.8. The monoisotopic (exact) mass is 520 g/mol. The van der Waals surface area contributed by atoms with Crippen molar-refractivity contribution < 1.29 is 28.5 Å². The minimum Gasteiger partial charge on any atom is -0.508 e. The van der Waals surface area contributed by atoms with Gasteiger partial charge in [-0.05, 0) is 73.5 Å². The lowest BCUT2D eigenvalue weighted by molar-refractivity contribution is 0.126. The summed E-state index contributed by atoms with van der Waals surface area (Å²) >= 11 is 0. The highest BCUT2D eigenvalue weighted by Crippen LogP contribution is 2.22. The van der Waals surface area contributed by atoms with E-state index in [2.05, 4.69) is 5.32 Å². The first kappa shape index (κ1) is 30.0. The molecule has 0 spiro atoms. The third kappa shape index (κ3) is 12.6. The van der Waals surface area contributed by atoms with Crippen molar-refractivity contribution in [2.45, 2.75) is 57.7 Å². The number of aliphatic hydroxyl groups excluding tert-OH is 2. The molecule has 0 aliphatic rings. The Morgan fingerprint density at radius 2 is 1.75 bits per heavy atom. The molecule has 0 fully saturated rings. The van der Waals surface area contributed by atoms with Crippen LogP contribution >= 0.6 is 0 Å². The Hall–Kier alpha value is -2.27. The van der Waals surface area contributed by atoms with Gasteiger partial charge in [-0.2, -0.15) is 0 Å². The Balaban J connectivity index is 1.44. The number of unbranched alkanes of at least 4 members (excludes halogenated alkanes) is 4. The Morgan fingerprint density at radius 1 is 1.00 bits per heavy atom. The van der Waals surface area contributed by atoms with Crippen LogP contribution in [-0.2, 0) is 27.8 Å². The molecule has 0 aliphatic carbocycles. The van der Waals surface area contributed by atoms with Crippen LogP contribution in [0, 0.1) is 0 Å². The number of hydrogen-bond donors (Lipinski definition) is 5. The summed E-state index contributed by atoms with van der Waals surface area (Å²) in [5.41, 5.74) is 3.06. The normalized spacial score (nSPS) is 12.9. The van der Waals surface area contributed by atoms with E-state index in [1.807, 2.05) is 24.3 Å². The van der Waals surface area contributed by atoms with Gasteiger partial charge in [-0.3, -0.25) is 0 Å². The van der Waals surface area contributed by atoms with Gasteiger partial charge in [0.25, 0.3) is 0 Å². The van der Waals surface area contributed by atoms with Crippen LogP contribution < -0.4 is 10.5 Å². The van der Waals surface area contributed by atoms with Gasteiger partial charge in [0.15, 0.2) is 0 Å². The molecule has 9 heteroatoms. The van der Waals surface area contributed by atoms with Crippen molar-refractivity contribution in [3.8, 4) is 5.75 Å². The maximum absolute atomic E-state index is 11.0. The number of sulfonamides is 1. The van der Waals surface area contributed by atoms with E-state index in [0.717, 1.165) is 81.2 Å². The van der Waals surface area contributed by atoms with Crippen LogP contribution in [0.2, 0.25) is 0 Å². The number of nitrogens with one attached hydrogen (secondary N) is 1. The zero-order valence-corrected chi connectivity index (χ0v) is 21.6. The fourth-order valence-corrected chi connectivity index (χ4v) is 4.11. The zero-order valence-electron chi connectivity index (χ0n) is 20.8. The van der Waals surface area contributed by atoms with Gasteiger partial charge < -0.3 is 25.4 Å². The Morgan fingerprint density at radius 3 is 2.50 bits per heavy atom. The molecule has 1 atom stereocenters. The van der Waals surface area contributed by atoms with Crippen molar-refractivity contribution in [3.63, 3.8) is 0 Å². The van der Waals surface area contributed by atoms with E-state index in [9.17, 15) is 23.7 Å². The van der Waals surface area contributed by atoms with E-state index in [1.54, 1.807) is 12.1 Å². The molecule has 0 radical (unpaired) electrons. The van der Waals surface area contributed by atoms with Gasteiger partial charge in [-0.1, -0.05) is 43.2 Å². The van der Waals surface area contributed by atoms with Crippen LogP contribution in [0.5, 0.6) is 5.75 Å². The lowest BCUT2D eigenvalue weighted by Gasteiger charge is -2.14. The van der Waals surface area contributed by atoms with Gasteiger partial charge in [-0.15, -0.1) is 0 Å². The van der Waals surface area contributed by atoms with Crippen LogP contribution in [-0.4, -0.2) is 50.0 Å². The number of benzene rings is 2. The lowest BCUT2D eigenvalue weighted by Crippen LogP contribution is -2.22. The van der Waals surface area contributed by atoms with E-state index in [-0.39, 0.29) is 12.4 Å². The highest BCUT2D eigenvalue weighted by Gasteiger charge is 2.09. The average Bonchev–Trinajstić information content (AvgIpc) is 2.85. The van der Waals surface area contributed by atoms with Crippen molar-refractivity contribution >= 4 is 16.1 Å². The number of ether oxygens (including phenoxy) is 1. The Kier molecular flexibility index (Phi) is 13.7. The molecular weight excluding hydrogens is 480 g/mol. The molecule has 0 heterocycles. The molecule has 0 unspecified atom stereocenters. The van der Waals surface area contributed by atoms with Gasteiger partial charge in [0.2, 0.25) is 10.0 Å². The first-order valence-electron chi connectivity index (χ1n) is 12.5. The van der Waals surface area contributed by atoms with E-state index < -0.39 is 16.1 Å².